The van der Waals surface area contributed by atoms with Crippen LogP contribution in [-0.2, 0) is 6.42 Å². The van der Waals surface area contributed by atoms with Crippen LogP contribution >= 0.6 is 11.6 Å². The SMILES string of the molecule is Cc1cc(N2CCCCCC2)n2nc(Cc3ccc(Cl)cc3)nc2n1. The van der Waals surface area contributed by atoms with E-state index >= 15 is 0 Å². The number of hydrogen-bond donors (Lipinski definition) is 0. The third-order valence-electron chi connectivity index (χ3n) is 4.67. The lowest BCUT2D eigenvalue weighted by Crippen LogP contribution is -2.26. The largest absolute Gasteiger partial charge is 0.356 e. The molecule has 25 heavy (non-hydrogen) atoms. The summed E-state index contributed by atoms with van der Waals surface area (Å²) in [5.74, 6) is 2.58. The van der Waals surface area contributed by atoms with Crippen molar-refractivity contribution < 1.29 is 0 Å². The smallest absolute Gasteiger partial charge is 0.254 e. The molecule has 0 spiro atoms. The zero-order chi connectivity index (χ0) is 17.2. The monoisotopic (exact) mass is 355 g/mol. The van der Waals surface area contributed by atoms with Gasteiger partial charge in [0.15, 0.2) is 5.82 Å². The van der Waals surface area contributed by atoms with Gasteiger partial charge in [0.25, 0.3) is 5.78 Å². The van der Waals surface area contributed by atoms with Crippen LogP contribution in [0.5, 0.6) is 0 Å². The van der Waals surface area contributed by atoms with Crippen LogP contribution in [0.2, 0.25) is 5.02 Å². The molecule has 1 aliphatic rings. The number of fused-ring (bicyclic) bond motifs is 1. The van der Waals surface area contributed by atoms with Crippen LogP contribution in [0, 0.1) is 6.92 Å². The van der Waals surface area contributed by atoms with Crippen molar-refractivity contribution in [1.82, 2.24) is 19.6 Å². The molecule has 1 saturated heterocycles. The third kappa shape index (κ3) is 3.61. The second kappa shape index (κ2) is 7.00. The standard InChI is InChI=1S/C19H22ClN5/c1-14-12-18(24-10-4-2-3-5-11-24)25-19(21-14)22-17(23-25)13-15-6-8-16(20)9-7-15/h6-9,12H,2-5,10-11,13H2,1H3. The van der Waals surface area contributed by atoms with Crippen LogP contribution in [0.1, 0.15) is 42.8 Å². The van der Waals surface area contributed by atoms with Gasteiger partial charge in [0.1, 0.15) is 5.82 Å². The van der Waals surface area contributed by atoms with E-state index in [1.165, 1.54) is 25.7 Å². The molecule has 0 N–H and O–H groups in total. The highest BCUT2D eigenvalue weighted by molar-refractivity contribution is 6.30. The molecular formula is C19H22ClN5. The minimum absolute atomic E-state index is 0.680. The van der Waals surface area contributed by atoms with Crippen molar-refractivity contribution in [3.8, 4) is 0 Å². The number of hydrogen-bond acceptors (Lipinski definition) is 4. The summed E-state index contributed by atoms with van der Waals surface area (Å²) < 4.78 is 1.91. The predicted molar refractivity (Wildman–Crippen MR) is 100 cm³/mol. The van der Waals surface area contributed by atoms with Gasteiger partial charge in [0.05, 0.1) is 0 Å². The molecule has 0 saturated carbocycles. The molecule has 0 bridgehead atoms. The van der Waals surface area contributed by atoms with Gasteiger partial charge in [-0.25, -0.2) is 4.98 Å². The maximum Gasteiger partial charge on any atom is 0.254 e. The van der Waals surface area contributed by atoms with Gasteiger partial charge >= 0.3 is 0 Å². The van der Waals surface area contributed by atoms with Crippen LogP contribution in [0.3, 0.4) is 0 Å². The Kier molecular flexibility index (Phi) is 4.57. The fourth-order valence-electron chi connectivity index (χ4n) is 3.39. The van der Waals surface area contributed by atoms with Gasteiger partial charge in [-0.2, -0.15) is 9.50 Å². The van der Waals surface area contributed by atoms with Gasteiger partial charge < -0.3 is 4.90 Å². The molecule has 1 fully saturated rings. The maximum atomic E-state index is 5.97. The first kappa shape index (κ1) is 16.3. The summed E-state index contributed by atoms with van der Waals surface area (Å²) in [4.78, 5) is 11.6. The lowest BCUT2D eigenvalue weighted by molar-refractivity contribution is 0.726. The number of rotatable bonds is 3. The zero-order valence-corrected chi connectivity index (χ0v) is 15.2. The Balaban J connectivity index is 1.69. The lowest BCUT2D eigenvalue weighted by atomic mass is 10.1. The van der Waals surface area contributed by atoms with Gasteiger partial charge in [0, 0.05) is 36.3 Å². The second-order valence-electron chi connectivity index (χ2n) is 6.70. The van der Waals surface area contributed by atoms with Crippen molar-refractivity contribution in [2.45, 2.75) is 39.0 Å². The van der Waals surface area contributed by atoms with Crippen molar-refractivity contribution in [3.63, 3.8) is 0 Å². The minimum atomic E-state index is 0.680. The highest BCUT2D eigenvalue weighted by Gasteiger charge is 2.17. The second-order valence-corrected chi connectivity index (χ2v) is 7.14. The highest BCUT2D eigenvalue weighted by atomic mass is 35.5. The summed E-state index contributed by atoms with van der Waals surface area (Å²) in [6.07, 6.45) is 5.76. The Morgan fingerprint density at radius 3 is 2.44 bits per heavy atom. The van der Waals surface area contributed by atoms with Crippen molar-refractivity contribution in [2.75, 3.05) is 18.0 Å². The molecule has 0 unspecified atom stereocenters. The Morgan fingerprint density at radius 2 is 1.72 bits per heavy atom. The lowest BCUT2D eigenvalue weighted by Gasteiger charge is -2.22. The van der Waals surface area contributed by atoms with E-state index in [0.717, 1.165) is 41.0 Å². The van der Waals surface area contributed by atoms with Gasteiger partial charge in [-0.1, -0.05) is 36.6 Å². The average molecular weight is 356 g/mol. The number of benzene rings is 1. The number of halogens is 1. The van der Waals surface area contributed by atoms with E-state index in [1.807, 2.05) is 35.7 Å². The number of nitrogens with zero attached hydrogens (tertiary/aromatic N) is 5. The molecule has 2 aromatic heterocycles. The van der Waals surface area contributed by atoms with Crippen LogP contribution in [0.15, 0.2) is 30.3 Å². The Bertz CT molecular complexity index is 863. The summed E-state index contributed by atoms with van der Waals surface area (Å²) in [5.41, 5.74) is 2.13. The van der Waals surface area contributed by atoms with Crippen molar-refractivity contribution in [2.24, 2.45) is 0 Å². The van der Waals surface area contributed by atoms with Gasteiger partial charge in [0.2, 0.25) is 0 Å². The van der Waals surface area contributed by atoms with Crippen molar-refractivity contribution in [3.05, 3.63) is 52.4 Å². The molecule has 0 aliphatic carbocycles. The van der Waals surface area contributed by atoms with Gasteiger partial charge in [-0.05, 0) is 37.5 Å². The Hall–Kier alpha value is -2.14. The van der Waals surface area contributed by atoms with E-state index in [0.29, 0.717) is 12.2 Å². The average Bonchev–Trinajstić information content (AvgIpc) is 2.81. The van der Waals surface area contributed by atoms with E-state index in [2.05, 4.69) is 20.9 Å². The van der Waals surface area contributed by atoms with Crippen LogP contribution in [-0.4, -0.2) is 32.7 Å². The first-order valence-corrected chi connectivity index (χ1v) is 9.29. The van der Waals surface area contributed by atoms with Crippen LogP contribution < -0.4 is 4.90 Å². The molecule has 4 rings (SSSR count). The summed E-state index contributed by atoms with van der Waals surface area (Å²) in [6, 6.07) is 9.96. The molecule has 130 valence electrons. The molecule has 0 atom stereocenters. The van der Waals surface area contributed by atoms with Crippen molar-refractivity contribution in [1.29, 1.82) is 0 Å². The van der Waals surface area contributed by atoms with E-state index in [9.17, 15) is 0 Å². The third-order valence-corrected chi connectivity index (χ3v) is 4.92. The summed E-state index contributed by atoms with van der Waals surface area (Å²) >= 11 is 5.97. The van der Waals surface area contributed by atoms with E-state index < -0.39 is 0 Å². The van der Waals surface area contributed by atoms with Crippen LogP contribution in [0.4, 0.5) is 5.82 Å². The highest BCUT2D eigenvalue weighted by Crippen LogP contribution is 2.21. The van der Waals surface area contributed by atoms with E-state index in [-0.39, 0.29) is 0 Å². The first-order chi connectivity index (χ1) is 12.2. The number of aromatic nitrogens is 4. The molecule has 0 radical (unpaired) electrons. The first-order valence-electron chi connectivity index (χ1n) is 8.92. The zero-order valence-electron chi connectivity index (χ0n) is 14.5. The van der Waals surface area contributed by atoms with Crippen LogP contribution in [0.25, 0.3) is 5.78 Å². The summed E-state index contributed by atoms with van der Waals surface area (Å²) in [5, 5.41) is 5.49. The molecule has 6 heteroatoms. The van der Waals surface area contributed by atoms with E-state index in [1.54, 1.807) is 0 Å². The molecule has 5 nitrogen and oxygen atoms in total. The summed E-state index contributed by atoms with van der Waals surface area (Å²) in [6.45, 7) is 4.17. The molecular weight excluding hydrogens is 334 g/mol. The predicted octanol–water partition coefficient (Wildman–Crippen LogP) is 4.06. The topological polar surface area (TPSA) is 46.3 Å². The van der Waals surface area contributed by atoms with Gasteiger partial charge in [-0.3, -0.25) is 0 Å². The molecule has 1 aliphatic heterocycles. The fourth-order valence-corrected chi connectivity index (χ4v) is 3.52. The van der Waals surface area contributed by atoms with Gasteiger partial charge in [-0.15, -0.1) is 5.10 Å². The normalized spacial score (nSPS) is 15.5. The quantitative estimate of drug-likeness (QED) is 0.710. The number of aryl methyl sites for hydroxylation is 1. The number of anilines is 1. The maximum absolute atomic E-state index is 5.97. The Morgan fingerprint density at radius 1 is 1.00 bits per heavy atom. The minimum Gasteiger partial charge on any atom is -0.356 e. The molecule has 3 heterocycles. The molecule has 1 aromatic carbocycles. The van der Waals surface area contributed by atoms with Crippen molar-refractivity contribution >= 4 is 23.2 Å². The molecule has 0 amide bonds. The Labute approximate surface area is 152 Å². The summed E-state index contributed by atoms with van der Waals surface area (Å²) in [7, 11) is 0. The molecule has 3 aromatic rings. The fraction of sp³-hybridized carbons (Fsp3) is 0.421. The van der Waals surface area contributed by atoms with E-state index in [4.69, 9.17) is 16.7 Å².